The van der Waals surface area contributed by atoms with Crippen molar-refractivity contribution in [2.75, 3.05) is 6.54 Å². The molecule has 0 saturated heterocycles. The van der Waals surface area contributed by atoms with Crippen LogP contribution in [0.2, 0.25) is 0 Å². The van der Waals surface area contributed by atoms with E-state index in [2.05, 4.69) is 11.4 Å². The van der Waals surface area contributed by atoms with Crippen molar-refractivity contribution in [3.8, 4) is 0 Å². The lowest BCUT2D eigenvalue weighted by atomic mass is 9.98. The second-order valence-corrected chi connectivity index (χ2v) is 3.24. The molecule has 1 atom stereocenters. The highest BCUT2D eigenvalue weighted by atomic mass is 14.9. The summed E-state index contributed by atoms with van der Waals surface area (Å²) in [6, 6.07) is 0.114. The van der Waals surface area contributed by atoms with E-state index < -0.39 is 0 Å². The van der Waals surface area contributed by atoms with E-state index in [1.54, 1.807) is 0 Å². The fraction of sp³-hybridized carbons (Fsp3) is 0.400. The summed E-state index contributed by atoms with van der Waals surface area (Å²) in [6.07, 6.45) is 10.6. The first-order valence-electron chi connectivity index (χ1n) is 4.45. The Hall–Kier alpha value is -1.02. The normalized spacial score (nSPS) is 27.9. The number of allylic oxidation sites excluding steroid dienone is 3. The molecule has 12 heavy (non-hydrogen) atoms. The van der Waals surface area contributed by atoms with Crippen LogP contribution in [-0.4, -0.2) is 12.6 Å². The predicted octanol–water partition coefficient (Wildman–Crippen LogP) is 1.08. The largest absolute Gasteiger partial charge is 0.385 e. The summed E-state index contributed by atoms with van der Waals surface area (Å²) in [7, 11) is 0. The molecule has 0 fully saturated rings. The minimum atomic E-state index is 0.114. The van der Waals surface area contributed by atoms with Crippen LogP contribution in [0.1, 0.15) is 12.8 Å². The molecule has 1 aliphatic carbocycles. The van der Waals surface area contributed by atoms with Crippen LogP contribution in [0, 0.1) is 0 Å². The van der Waals surface area contributed by atoms with Crippen LogP contribution in [0.5, 0.6) is 0 Å². The molecule has 0 aromatic heterocycles. The highest BCUT2D eigenvalue weighted by Crippen LogP contribution is 2.20. The molecule has 0 aromatic rings. The zero-order valence-electron chi connectivity index (χ0n) is 7.09. The SMILES string of the molecule is NC1C=CC=CC2=C1CCCN2. The third-order valence-electron chi connectivity index (χ3n) is 2.38. The quantitative estimate of drug-likeness (QED) is 0.559. The van der Waals surface area contributed by atoms with Crippen molar-refractivity contribution in [1.29, 1.82) is 0 Å². The highest BCUT2D eigenvalue weighted by molar-refractivity contribution is 5.36. The van der Waals surface area contributed by atoms with E-state index in [9.17, 15) is 0 Å². The maximum atomic E-state index is 5.96. The lowest BCUT2D eigenvalue weighted by molar-refractivity contribution is 0.646. The number of hydrogen-bond donors (Lipinski definition) is 2. The molecule has 2 heteroatoms. The molecular formula is C10H14N2. The summed E-state index contributed by atoms with van der Waals surface area (Å²) >= 11 is 0. The van der Waals surface area contributed by atoms with Crippen LogP contribution in [-0.2, 0) is 0 Å². The minimum absolute atomic E-state index is 0.114. The van der Waals surface area contributed by atoms with Gasteiger partial charge in [-0.05, 0) is 24.5 Å². The third-order valence-corrected chi connectivity index (χ3v) is 2.38. The average Bonchev–Trinajstić information content (AvgIpc) is 2.29. The molecule has 2 aliphatic rings. The maximum Gasteiger partial charge on any atom is 0.0466 e. The summed E-state index contributed by atoms with van der Waals surface area (Å²) < 4.78 is 0. The molecule has 3 N–H and O–H groups in total. The van der Waals surface area contributed by atoms with Crippen molar-refractivity contribution >= 4 is 0 Å². The summed E-state index contributed by atoms with van der Waals surface area (Å²) in [4.78, 5) is 0. The molecule has 2 nitrogen and oxygen atoms in total. The molecule has 2 rings (SSSR count). The van der Waals surface area contributed by atoms with Crippen molar-refractivity contribution in [2.45, 2.75) is 18.9 Å². The van der Waals surface area contributed by atoms with Crippen LogP contribution < -0.4 is 11.1 Å². The molecule has 0 spiro atoms. The van der Waals surface area contributed by atoms with E-state index in [0.29, 0.717) is 0 Å². The van der Waals surface area contributed by atoms with Crippen LogP contribution in [0.4, 0.5) is 0 Å². The number of hydrogen-bond acceptors (Lipinski definition) is 2. The first-order valence-corrected chi connectivity index (χ1v) is 4.45. The second-order valence-electron chi connectivity index (χ2n) is 3.24. The first-order chi connectivity index (χ1) is 5.88. The van der Waals surface area contributed by atoms with Crippen LogP contribution in [0.3, 0.4) is 0 Å². The molecule has 64 valence electrons. The Bertz CT molecular complexity index is 261. The van der Waals surface area contributed by atoms with Crippen molar-refractivity contribution < 1.29 is 0 Å². The van der Waals surface area contributed by atoms with E-state index in [1.165, 1.54) is 17.7 Å². The maximum absolute atomic E-state index is 5.96. The Morgan fingerprint density at radius 3 is 3.25 bits per heavy atom. The van der Waals surface area contributed by atoms with E-state index >= 15 is 0 Å². The van der Waals surface area contributed by atoms with Crippen LogP contribution >= 0.6 is 0 Å². The summed E-state index contributed by atoms with van der Waals surface area (Å²) in [6.45, 7) is 1.08. The Labute approximate surface area is 72.8 Å². The van der Waals surface area contributed by atoms with Crippen molar-refractivity contribution in [2.24, 2.45) is 5.73 Å². The lowest BCUT2D eigenvalue weighted by Gasteiger charge is -2.22. The van der Waals surface area contributed by atoms with Gasteiger partial charge < -0.3 is 11.1 Å². The predicted molar refractivity (Wildman–Crippen MR) is 50.5 cm³/mol. The zero-order valence-corrected chi connectivity index (χ0v) is 7.09. The van der Waals surface area contributed by atoms with Gasteiger partial charge in [-0.25, -0.2) is 0 Å². The molecular weight excluding hydrogens is 148 g/mol. The van der Waals surface area contributed by atoms with Crippen molar-refractivity contribution in [3.63, 3.8) is 0 Å². The summed E-state index contributed by atoms with van der Waals surface area (Å²) in [5.41, 5.74) is 8.55. The smallest absolute Gasteiger partial charge is 0.0466 e. The Kier molecular flexibility index (Phi) is 2.00. The van der Waals surface area contributed by atoms with Gasteiger partial charge in [0.1, 0.15) is 0 Å². The van der Waals surface area contributed by atoms with Gasteiger partial charge in [-0.15, -0.1) is 0 Å². The fourth-order valence-electron chi connectivity index (χ4n) is 1.71. The van der Waals surface area contributed by atoms with Crippen LogP contribution in [0.25, 0.3) is 0 Å². The topological polar surface area (TPSA) is 38.0 Å². The monoisotopic (exact) mass is 162 g/mol. The molecule has 0 bridgehead atoms. The Morgan fingerprint density at radius 2 is 2.33 bits per heavy atom. The number of rotatable bonds is 0. The highest BCUT2D eigenvalue weighted by Gasteiger charge is 2.15. The van der Waals surface area contributed by atoms with E-state index in [-0.39, 0.29) is 6.04 Å². The van der Waals surface area contributed by atoms with Crippen molar-refractivity contribution in [1.82, 2.24) is 5.32 Å². The number of nitrogens with two attached hydrogens (primary N) is 1. The first kappa shape index (κ1) is 7.62. The summed E-state index contributed by atoms with van der Waals surface area (Å²) in [5, 5.41) is 3.36. The van der Waals surface area contributed by atoms with E-state index in [0.717, 1.165) is 13.0 Å². The summed E-state index contributed by atoms with van der Waals surface area (Å²) in [5.74, 6) is 0. The number of nitrogens with one attached hydrogen (secondary N) is 1. The van der Waals surface area contributed by atoms with Gasteiger partial charge in [0.2, 0.25) is 0 Å². The van der Waals surface area contributed by atoms with Gasteiger partial charge in [-0.2, -0.15) is 0 Å². The molecule has 0 radical (unpaired) electrons. The molecule has 0 saturated carbocycles. The second kappa shape index (κ2) is 3.15. The third kappa shape index (κ3) is 1.30. The molecule has 0 amide bonds. The van der Waals surface area contributed by atoms with Gasteiger partial charge in [-0.3, -0.25) is 0 Å². The van der Waals surface area contributed by atoms with Gasteiger partial charge in [0.25, 0.3) is 0 Å². The molecule has 1 unspecified atom stereocenters. The van der Waals surface area contributed by atoms with Gasteiger partial charge in [0, 0.05) is 18.3 Å². The van der Waals surface area contributed by atoms with Gasteiger partial charge in [-0.1, -0.05) is 18.2 Å². The standard InChI is InChI=1S/C10H14N2/c11-9-5-1-2-6-10-8(9)4-3-7-12-10/h1-2,5-6,9,12H,3-4,7,11H2. The molecule has 1 aliphatic heterocycles. The minimum Gasteiger partial charge on any atom is -0.385 e. The zero-order chi connectivity index (χ0) is 8.39. The van der Waals surface area contributed by atoms with Gasteiger partial charge >= 0.3 is 0 Å². The van der Waals surface area contributed by atoms with E-state index in [1.807, 2.05) is 18.2 Å². The molecule has 0 aromatic carbocycles. The lowest BCUT2D eigenvalue weighted by Crippen LogP contribution is -2.29. The van der Waals surface area contributed by atoms with Gasteiger partial charge in [0.15, 0.2) is 0 Å². The van der Waals surface area contributed by atoms with Crippen molar-refractivity contribution in [3.05, 3.63) is 35.6 Å². The van der Waals surface area contributed by atoms with Gasteiger partial charge in [0.05, 0.1) is 0 Å². The molecule has 1 heterocycles. The fourth-order valence-corrected chi connectivity index (χ4v) is 1.71. The van der Waals surface area contributed by atoms with Crippen LogP contribution in [0.15, 0.2) is 35.6 Å². The van der Waals surface area contributed by atoms with E-state index in [4.69, 9.17) is 5.73 Å². The Balaban J connectivity index is 2.33. The average molecular weight is 162 g/mol. The Morgan fingerprint density at radius 1 is 1.42 bits per heavy atom.